The van der Waals surface area contributed by atoms with Gasteiger partial charge in [0.1, 0.15) is 0 Å². The first-order valence-corrected chi connectivity index (χ1v) is 10.5. The number of aromatic nitrogens is 2. The molecule has 0 spiro atoms. The van der Waals surface area contributed by atoms with Crippen molar-refractivity contribution in [2.24, 2.45) is 5.92 Å². The number of nitrogens with zero attached hydrogens (tertiary/aromatic N) is 3. The summed E-state index contributed by atoms with van der Waals surface area (Å²) >= 11 is 1.55. The van der Waals surface area contributed by atoms with Crippen molar-refractivity contribution in [3.8, 4) is 0 Å². The largest absolute Gasteiger partial charge is 0.342 e. The molecular formula is C22H25N3OS. The Morgan fingerprint density at radius 1 is 1.15 bits per heavy atom. The Balaban J connectivity index is 1.32. The van der Waals surface area contributed by atoms with Gasteiger partial charge in [0.15, 0.2) is 5.16 Å². The minimum absolute atomic E-state index is 0.124. The van der Waals surface area contributed by atoms with E-state index in [-0.39, 0.29) is 11.2 Å². The maximum atomic E-state index is 12.9. The second-order valence-electron chi connectivity index (χ2n) is 7.25. The van der Waals surface area contributed by atoms with Gasteiger partial charge in [0.25, 0.3) is 0 Å². The number of likely N-dealkylation sites (tertiary alicyclic amines) is 1. The third kappa shape index (κ3) is 4.19. The predicted molar refractivity (Wildman–Crippen MR) is 110 cm³/mol. The maximum absolute atomic E-state index is 12.9. The van der Waals surface area contributed by atoms with Gasteiger partial charge in [0.05, 0.1) is 17.0 Å². The van der Waals surface area contributed by atoms with Crippen molar-refractivity contribution in [1.29, 1.82) is 0 Å². The molecular weight excluding hydrogens is 354 g/mol. The molecule has 4 rings (SSSR count). The first-order valence-electron chi connectivity index (χ1n) is 9.62. The van der Waals surface area contributed by atoms with Gasteiger partial charge in [-0.3, -0.25) is 9.20 Å². The van der Waals surface area contributed by atoms with E-state index in [0.717, 1.165) is 43.0 Å². The molecule has 1 unspecified atom stereocenters. The topological polar surface area (TPSA) is 37.6 Å². The van der Waals surface area contributed by atoms with E-state index in [1.165, 1.54) is 5.56 Å². The second-order valence-corrected chi connectivity index (χ2v) is 8.56. The summed E-state index contributed by atoms with van der Waals surface area (Å²) in [5, 5.41) is 0.756. The Morgan fingerprint density at radius 3 is 2.67 bits per heavy atom. The Morgan fingerprint density at radius 2 is 1.89 bits per heavy atom. The minimum atomic E-state index is -0.124. The molecule has 0 aliphatic carbocycles. The molecule has 140 valence electrons. The van der Waals surface area contributed by atoms with Crippen molar-refractivity contribution < 1.29 is 4.79 Å². The lowest BCUT2D eigenvalue weighted by molar-refractivity contribution is -0.131. The highest BCUT2D eigenvalue weighted by Gasteiger charge is 2.27. The van der Waals surface area contributed by atoms with E-state index in [1.54, 1.807) is 11.8 Å². The molecule has 1 saturated heterocycles. The van der Waals surface area contributed by atoms with Crippen LogP contribution in [0.2, 0.25) is 0 Å². The molecule has 1 aromatic carbocycles. The molecule has 1 fully saturated rings. The van der Waals surface area contributed by atoms with Crippen LogP contribution in [0.25, 0.3) is 5.52 Å². The summed E-state index contributed by atoms with van der Waals surface area (Å²) in [5.41, 5.74) is 2.46. The van der Waals surface area contributed by atoms with Gasteiger partial charge in [0.2, 0.25) is 5.91 Å². The van der Waals surface area contributed by atoms with Gasteiger partial charge in [-0.1, -0.05) is 48.2 Å². The smallest absolute Gasteiger partial charge is 0.235 e. The van der Waals surface area contributed by atoms with E-state index in [4.69, 9.17) is 0 Å². The second kappa shape index (κ2) is 8.17. The summed E-state index contributed by atoms with van der Waals surface area (Å²) < 4.78 is 2.04. The molecule has 1 amide bonds. The monoisotopic (exact) mass is 379 g/mol. The number of thioether (sulfide) groups is 1. The molecule has 0 saturated carbocycles. The van der Waals surface area contributed by atoms with Crippen molar-refractivity contribution in [3.05, 3.63) is 66.5 Å². The highest BCUT2D eigenvalue weighted by molar-refractivity contribution is 8.00. The number of carbonyl (C=O) groups excluding carboxylic acids is 1. The Hall–Kier alpha value is -2.27. The van der Waals surface area contributed by atoms with Crippen LogP contribution in [0.5, 0.6) is 0 Å². The van der Waals surface area contributed by atoms with Crippen LogP contribution in [-0.4, -0.2) is 38.5 Å². The van der Waals surface area contributed by atoms with Crippen LogP contribution in [0.1, 0.15) is 25.3 Å². The van der Waals surface area contributed by atoms with Gasteiger partial charge in [-0.2, -0.15) is 0 Å². The van der Waals surface area contributed by atoms with Crippen LogP contribution in [0, 0.1) is 5.92 Å². The number of pyridine rings is 1. The fraction of sp³-hybridized carbons (Fsp3) is 0.364. The van der Waals surface area contributed by atoms with Crippen LogP contribution in [0.15, 0.2) is 66.1 Å². The number of fused-ring (bicyclic) bond motifs is 1. The molecule has 3 heterocycles. The average molecular weight is 380 g/mol. The molecule has 0 N–H and O–H groups in total. The zero-order valence-corrected chi connectivity index (χ0v) is 16.4. The number of amides is 1. The number of carbonyl (C=O) groups is 1. The summed E-state index contributed by atoms with van der Waals surface area (Å²) in [6.07, 6.45) is 7.15. The lowest BCUT2D eigenvalue weighted by atomic mass is 9.90. The highest BCUT2D eigenvalue weighted by atomic mass is 32.2. The Labute approximate surface area is 164 Å². The summed E-state index contributed by atoms with van der Waals surface area (Å²) in [5.74, 6) is 0.904. The maximum Gasteiger partial charge on any atom is 0.235 e. The van der Waals surface area contributed by atoms with Crippen molar-refractivity contribution in [3.63, 3.8) is 0 Å². The highest BCUT2D eigenvalue weighted by Crippen LogP contribution is 2.27. The molecule has 2 aromatic heterocycles. The molecule has 27 heavy (non-hydrogen) atoms. The molecule has 3 aromatic rings. The fourth-order valence-corrected chi connectivity index (χ4v) is 4.74. The van der Waals surface area contributed by atoms with E-state index >= 15 is 0 Å². The number of rotatable bonds is 5. The van der Waals surface area contributed by atoms with Gasteiger partial charge in [-0.15, -0.1) is 0 Å². The normalized spacial score (nSPS) is 16.6. The van der Waals surface area contributed by atoms with Gasteiger partial charge in [-0.05, 0) is 49.8 Å². The van der Waals surface area contributed by atoms with Gasteiger partial charge in [-0.25, -0.2) is 4.98 Å². The molecule has 1 aliphatic heterocycles. The predicted octanol–water partition coefficient (Wildman–Crippen LogP) is 4.30. The van der Waals surface area contributed by atoms with Crippen LogP contribution in [-0.2, 0) is 11.2 Å². The average Bonchev–Trinajstić information content (AvgIpc) is 3.12. The quantitative estimate of drug-likeness (QED) is 0.621. The SMILES string of the molecule is CC(Sc1ncc2ccccn12)C(=O)N1CCC(Cc2ccccc2)CC1. The third-order valence-electron chi connectivity index (χ3n) is 5.33. The van der Waals surface area contributed by atoms with Gasteiger partial charge < -0.3 is 4.90 Å². The first-order chi connectivity index (χ1) is 13.2. The van der Waals surface area contributed by atoms with Crippen LogP contribution < -0.4 is 0 Å². The fourth-order valence-electron chi connectivity index (χ4n) is 3.78. The number of hydrogen-bond acceptors (Lipinski definition) is 3. The number of piperidine rings is 1. The zero-order valence-electron chi connectivity index (χ0n) is 15.6. The summed E-state index contributed by atoms with van der Waals surface area (Å²) in [6, 6.07) is 16.7. The number of benzene rings is 1. The first kappa shape index (κ1) is 18.1. The molecule has 5 heteroatoms. The molecule has 1 atom stereocenters. The van der Waals surface area contributed by atoms with Crippen LogP contribution in [0.4, 0.5) is 0 Å². The Bertz CT molecular complexity index is 900. The molecule has 0 bridgehead atoms. The van der Waals surface area contributed by atoms with E-state index in [1.807, 2.05) is 46.8 Å². The standard InChI is InChI=1S/C22H25N3OS/c1-17(27-22-23-16-20-9-5-6-12-25(20)22)21(26)24-13-10-19(11-14-24)15-18-7-3-2-4-8-18/h2-9,12,16-17,19H,10-11,13-15H2,1H3. The van der Waals surface area contributed by atoms with Crippen molar-refractivity contribution >= 4 is 23.2 Å². The van der Waals surface area contributed by atoms with Crippen molar-refractivity contribution in [2.75, 3.05) is 13.1 Å². The number of hydrogen-bond donors (Lipinski definition) is 0. The minimum Gasteiger partial charge on any atom is -0.342 e. The van der Waals surface area contributed by atoms with Crippen molar-refractivity contribution in [2.45, 2.75) is 36.6 Å². The summed E-state index contributed by atoms with van der Waals surface area (Å²) in [4.78, 5) is 19.4. The summed E-state index contributed by atoms with van der Waals surface area (Å²) in [7, 11) is 0. The number of imidazole rings is 1. The van der Waals surface area contributed by atoms with Crippen molar-refractivity contribution in [1.82, 2.24) is 14.3 Å². The lowest BCUT2D eigenvalue weighted by Gasteiger charge is -2.33. The Kier molecular flexibility index (Phi) is 5.48. The van der Waals surface area contributed by atoms with E-state index < -0.39 is 0 Å². The molecule has 0 radical (unpaired) electrons. The van der Waals surface area contributed by atoms with E-state index in [9.17, 15) is 4.79 Å². The van der Waals surface area contributed by atoms with Gasteiger partial charge >= 0.3 is 0 Å². The van der Waals surface area contributed by atoms with E-state index in [2.05, 4.69) is 35.3 Å². The zero-order chi connectivity index (χ0) is 18.6. The van der Waals surface area contributed by atoms with Crippen LogP contribution >= 0.6 is 11.8 Å². The van der Waals surface area contributed by atoms with Gasteiger partial charge in [0, 0.05) is 19.3 Å². The van der Waals surface area contributed by atoms with E-state index in [0.29, 0.717) is 5.92 Å². The lowest BCUT2D eigenvalue weighted by Crippen LogP contribution is -2.42. The van der Waals surface area contributed by atoms with Crippen LogP contribution in [0.3, 0.4) is 0 Å². The molecule has 4 nitrogen and oxygen atoms in total. The summed E-state index contributed by atoms with van der Waals surface area (Å²) in [6.45, 7) is 3.72. The molecule has 1 aliphatic rings. The third-order valence-corrected chi connectivity index (χ3v) is 6.40.